The highest BCUT2D eigenvalue weighted by Crippen LogP contribution is 2.26. The predicted octanol–water partition coefficient (Wildman–Crippen LogP) is 2.00. The lowest BCUT2D eigenvalue weighted by Crippen LogP contribution is -2.29. The number of hydrogen-bond acceptors (Lipinski definition) is 4. The van der Waals surface area contributed by atoms with Crippen LogP contribution in [0.5, 0.6) is 5.88 Å². The number of nitrogens with two attached hydrogens (primary N) is 1. The molecule has 0 aliphatic heterocycles. The number of methoxy groups -OCH3 is 1. The van der Waals surface area contributed by atoms with Crippen molar-refractivity contribution in [2.45, 2.75) is 37.9 Å². The number of hydrogen-bond donors (Lipinski definition) is 1. The van der Waals surface area contributed by atoms with Crippen LogP contribution in [0.3, 0.4) is 0 Å². The zero-order chi connectivity index (χ0) is 11.4. The molecule has 16 heavy (non-hydrogen) atoms. The lowest BCUT2D eigenvalue weighted by atomic mass is 9.95. The van der Waals surface area contributed by atoms with Gasteiger partial charge in [0.2, 0.25) is 5.88 Å². The second-order valence-electron chi connectivity index (χ2n) is 4.16. The van der Waals surface area contributed by atoms with Crippen molar-refractivity contribution in [1.82, 2.24) is 4.98 Å². The Labute approximate surface area is 95.8 Å². The first kappa shape index (κ1) is 11.2. The van der Waals surface area contributed by atoms with Gasteiger partial charge in [0.15, 0.2) is 0 Å². The van der Waals surface area contributed by atoms with Crippen LogP contribution in [0.15, 0.2) is 18.3 Å². The highest BCUT2D eigenvalue weighted by molar-refractivity contribution is 5.46. The van der Waals surface area contributed by atoms with Crippen LogP contribution in [-0.2, 0) is 4.74 Å². The Morgan fingerprint density at radius 1 is 1.38 bits per heavy atom. The molecule has 0 unspecified atom stereocenters. The van der Waals surface area contributed by atoms with Crippen molar-refractivity contribution >= 4 is 5.69 Å². The first-order valence-electron chi connectivity index (χ1n) is 5.69. The van der Waals surface area contributed by atoms with Crippen LogP contribution in [0.4, 0.5) is 5.69 Å². The van der Waals surface area contributed by atoms with Gasteiger partial charge in [-0.05, 0) is 31.4 Å². The standard InChI is InChI=1S/C12H18N2O2/c1-15-9-4-2-5-10(8-9)16-12-11(13)6-3-7-14-12/h3,6-7,9-10H,2,4-5,8,13H2,1H3/t9-,10-/m1/s1. The van der Waals surface area contributed by atoms with Gasteiger partial charge in [0.25, 0.3) is 0 Å². The fourth-order valence-corrected chi connectivity index (χ4v) is 2.08. The van der Waals surface area contributed by atoms with Gasteiger partial charge in [-0.15, -0.1) is 0 Å². The lowest BCUT2D eigenvalue weighted by molar-refractivity contribution is 0.0198. The summed E-state index contributed by atoms with van der Waals surface area (Å²) in [5.74, 6) is 0.546. The topological polar surface area (TPSA) is 57.4 Å². The molecular formula is C12H18N2O2. The number of nitrogen functional groups attached to an aromatic ring is 1. The largest absolute Gasteiger partial charge is 0.473 e. The third-order valence-electron chi connectivity index (χ3n) is 2.99. The molecule has 1 aliphatic carbocycles. The summed E-state index contributed by atoms with van der Waals surface area (Å²) in [5, 5.41) is 0. The van der Waals surface area contributed by atoms with Gasteiger partial charge >= 0.3 is 0 Å². The van der Waals surface area contributed by atoms with E-state index in [4.69, 9.17) is 15.2 Å². The van der Waals surface area contributed by atoms with E-state index in [2.05, 4.69) is 4.98 Å². The van der Waals surface area contributed by atoms with Crippen molar-refractivity contribution in [3.8, 4) is 5.88 Å². The average Bonchev–Trinajstić information content (AvgIpc) is 2.32. The first-order chi connectivity index (χ1) is 7.79. The number of rotatable bonds is 3. The summed E-state index contributed by atoms with van der Waals surface area (Å²) in [6.07, 6.45) is 6.41. The minimum Gasteiger partial charge on any atom is -0.473 e. The molecule has 1 aliphatic rings. The Bertz CT molecular complexity index is 344. The van der Waals surface area contributed by atoms with E-state index in [1.165, 1.54) is 0 Å². The predicted molar refractivity (Wildman–Crippen MR) is 62.3 cm³/mol. The molecule has 2 atom stereocenters. The maximum Gasteiger partial charge on any atom is 0.237 e. The van der Waals surface area contributed by atoms with E-state index in [0.717, 1.165) is 25.7 Å². The Morgan fingerprint density at radius 2 is 2.19 bits per heavy atom. The normalized spacial score (nSPS) is 25.3. The quantitative estimate of drug-likeness (QED) is 0.849. The Hall–Kier alpha value is -1.29. The summed E-state index contributed by atoms with van der Waals surface area (Å²) < 4.78 is 11.2. The van der Waals surface area contributed by atoms with Crippen LogP contribution in [0.1, 0.15) is 25.7 Å². The van der Waals surface area contributed by atoms with Crippen molar-refractivity contribution in [1.29, 1.82) is 0 Å². The summed E-state index contributed by atoms with van der Waals surface area (Å²) in [4.78, 5) is 4.14. The third-order valence-corrected chi connectivity index (χ3v) is 2.99. The summed E-state index contributed by atoms with van der Waals surface area (Å²) in [7, 11) is 1.75. The highest BCUT2D eigenvalue weighted by Gasteiger charge is 2.23. The van der Waals surface area contributed by atoms with Crippen molar-refractivity contribution in [2.75, 3.05) is 12.8 Å². The van der Waals surface area contributed by atoms with Gasteiger partial charge in [0, 0.05) is 19.7 Å². The fourth-order valence-electron chi connectivity index (χ4n) is 2.08. The van der Waals surface area contributed by atoms with Gasteiger partial charge in [-0.1, -0.05) is 0 Å². The second-order valence-corrected chi connectivity index (χ2v) is 4.16. The molecule has 0 radical (unpaired) electrons. The Kier molecular flexibility index (Phi) is 3.62. The van der Waals surface area contributed by atoms with Crippen molar-refractivity contribution in [3.63, 3.8) is 0 Å². The van der Waals surface area contributed by atoms with Gasteiger partial charge in [-0.3, -0.25) is 0 Å². The molecule has 4 heteroatoms. The van der Waals surface area contributed by atoms with E-state index in [0.29, 0.717) is 17.7 Å². The molecule has 0 aromatic carbocycles. The molecule has 0 amide bonds. The Balaban J connectivity index is 1.97. The molecule has 0 spiro atoms. The summed E-state index contributed by atoms with van der Waals surface area (Å²) >= 11 is 0. The molecule has 1 saturated carbocycles. The molecule has 4 nitrogen and oxygen atoms in total. The molecular weight excluding hydrogens is 204 g/mol. The van der Waals surface area contributed by atoms with Crippen LogP contribution in [-0.4, -0.2) is 24.3 Å². The van der Waals surface area contributed by atoms with Gasteiger partial charge in [0.05, 0.1) is 11.8 Å². The van der Waals surface area contributed by atoms with Crippen LogP contribution in [0.2, 0.25) is 0 Å². The highest BCUT2D eigenvalue weighted by atomic mass is 16.5. The molecule has 0 bridgehead atoms. The molecule has 2 N–H and O–H groups in total. The smallest absolute Gasteiger partial charge is 0.237 e. The van der Waals surface area contributed by atoms with E-state index in [1.807, 2.05) is 0 Å². The van der Waals surface area contributed by atoms with E-state index < -0.39 is 0 Å². The molecule has 1 heterocycles. The van der Waals surface area contributed by atoms with E-state index in [9.17, 15) is 0 Å². The second kappa shape index (κ2) is 5.16. The minimum atomic E-state index is 0.177. The number of anilines is 1. The van der Waals surface area contributed by atoms with Crippen LogP contribution in [0.25, 0.3) is 0 Å². The van der Waals surface area contributed by atoms with E-state index in [1.54, 1.807) is 25.4 Å². The van der Waals surface area contributed by atoms with E-state index in [-0.39, 0.29) is 6.10 Å². The maximum atomic E-state index is 5.80. The fraction of sp³-hybridized carbons (Fsp3) is 0.583. The SMILES string of the molecule is CO[C@@H]1CCC[C@@H](Oc2ncccc2N)C1. The molecule has 2 rings (SSSR count). The number of ether oxygens (including phenoxy) is 2. The van der Waals surface area contributed by atoms with Gasteiger partial charge in [-0.25, -0.2) is 4.98 Å². The van der Waals surface area contributed by atoms with Crippen molar-refractivity contribution in [2.24, 2.45) is 0 Å². The molecule has 1 aromatic heterocycles. The summed E-state index contributed by atoms with van der Waals surface area (Å²) in [6.45, 7) is 0. The van der Waals surface area contributed by atoms with E-state index >= 15 is 0 Å². The first-order valence-corrected chi connectivity index (χ1v) is 5.69. The van der Waals surface area contributed by atoms with Crippen LogP contribution < -0.4 is 10.5 Å². The summed E-state index contributed by atoms with van der Waals surface area (Å²) in [5.41, 5.74) is 6.39. The number of nitrogens with zero attached hydrogens (tertiary/aromatic N) is 1. The maximum absolute atomic E-state index is 5.80. The molecule has 1 aromatic rings. The molecule has 0 saturated heterocycles. The van der Waals surface area contributed by atoms with Gasteiger partial charge < -0.3 is 15.2 Å². The average molecular weight is 222 g/mol. The number of pyridine rings is 1. The lowest BCUT2D eigenvalue weighted by Gasteiger charge is -2.28. The minimum absolute atomic E-state index is 0.177. The monoisotopic (exact) mass is 222 g/mol. The van der Waals surface area contributed by atoms with Crippen LogP contribution in [0, 0.1) is 0 Å². The van der Waals surface area contributed by atoms with Gasteiger partial charge in [-0.2, -0.15) is 0 Å². The zero-order valence-corrected chi connectivity index (χ0v) is 9.56. The number of aromatic nitrogens is 1. The Morgan fingerprint density at radius 3 is 2.94 bits per heavy atom. The van der Waals surface area contributed by atoms with Crippen LogP contribution >= 0.6 is 0 Å². The van der Waals surface area contributed by atoms with Crippen molar-refractivity contribution in [3.05, 3.63) is 18.3 Å². The van der Waals surface area contributed by atoms with Crippen molar-refractivity contribution < 1.29 is 9.47 Å². The van der Waals surface area contributed by atoms with Gasteiger partial charge in [0.1, 0.15) is 6.10 Å². The molecule has 1 fully saturated rings. The third kappa shape index (κ3) is 2.64. The molecule has 88 valence electrons. The summed E-state index contributed by atoms with van der Waals surface area (Å²) in [6, 6.07) is 3.61. The zero-order valence-electron chi connectivity index (χ0n) is 9.56.